The first-order valence-corrected chi connectivity index (χ1v) is 7.28. The Morgan fingerprint density at radius 1 is 1.25 bits per heavy atom. The fourth-order valence-corrected chi connectivity index (χ4v) is 2.22. The molecule has 0 aliphatic rings. The molecule has 0 aliphatic heterocycles. The maximum atomic E-state index is 11.9. The average molecular weight is 277 g/mol. The maximum Gasteiger partial charge on any atom is 0.242 e. The molecule has 20 heavy (non-hydrogen) atoms. The molecule has 1 aromatic carbocycles. The molecular weight excluding hydrogens is 250 g/mol. The van der Waals surface area contributed by atoms with Crippen molar-refractivity contribution in [3.8, 4) is 0 Å². The number of nitrogens with zero attached hydrogens (tertiary/aromatic N) is 1. The quantitative estimate of drug-likeness (QED) is 0.759. The van der Waals surface area contributed by atoms with Crippen LogP contribution in [-0.2, 0) is 10.3 Å². The number of carbonyl (C=O) groups excluding carboxylic acids is 1. The van der Waals surface area contributed by atoms with E-state index in [9.17, 15) is 4.79 Å². The van der Waals surface area contributed by atoms with Gasteiger partial charge in [0.2, 0.25) is 5.91 Å². The van der Waals surface area contributed by atoms with Crippen LogP contribution in [0.2, 0.25) is 0 Å². The van der Waals surface area contributed by atoms with E-state index in [4.69, 9.17) is 5.73 Å². The smallest absolute Gasteiger partial charge is 0.242 e. The molecule has 0 heterocycles. The summed E-state index contributed by atoms with van der Waals surface area (Å²) >= 11 is 0. The van der Waals surface area contributed by atoms with E-state index in [1.54, 1.807) is 0 Å². The second kappa shape index (κ2) is 7.41. The molecule has 0 spiro atoms. The molecule has 3 N–H and O–H groups in total. The Bertz CT molecular complexity index is 426. The fraction of sp³-hybridized carbons (Fsp3) is 0.562. The largest absolute Gasteiger partial charge is 0.368 e. The van der Waals surface area contributed by atoms with Crippen LogP contribution in [0.25, 0.3) is 0 Å². The first-order chi connectivity index (χ1) is 9.43. The highest BCUT2D eigenvalue weighted by Gasteiger charge is 2.32. The summed E-state index contributed by atoms with van der Waals surface area (Å²) in [6.45, 7) is 11.8. The molecule has 0 saturated heterocycles. The molecule has 0 saturated carbocycles. The van der Waals surface area contributed by atoms with Gasteiger partial charge in [0.1, 0.15) is 5.54 Å². The lowest BCUT2D eigenvalue weighted by atomic mass is 9.90. The number of hydrogen-bond acceptors (Lipinski definition) is 3. The van der Waals surface area contributed by atoms with Crippen LogP contribution < -0.4 is 11.1 Å². The van der Waals surface area contributed by atoms with Crippen LogP contribution in [0.5, 0.6) is 0 Å². The summed E-state index contributed by atoms with van der Waals surface area (Å²) in [5, 5.41) is 3.31. The van der Waals surface area contributed by atoms with E-state index >= 15 is 0 Å². The number of aryl methyl sites for hydroxylation is 1. The molecule has 1 amide bonds. The average Bonchev–Trinajstić information content (AvgIpc) is 2.44. The third-order valence-corrected chi connectivity index (χ3v) is 3.92. The molecule has 4 heteroatoms. The fourth-order valence-electron chi connectivity index (χ4n) is 2.22. The molecule has 0 aromatic heterocycles. The zero-order valence-electron chi connectivity index (χ0n) is 13.1. The van der Waals surface area contributed by atoms with Gasteiger partial charge in [-0.2, -0.15) is 0 Å². The molecule has 0 fully saturated rings. The molecule has 4 nitrogen and oxygen atoms in total. The van der Waals surface area contributed by atoms with Gasteiger partial charge < -0.3 is 10.6 Å². The summed E-state index contributed by atoms with van der Waals surface area (Å²) in [7, 11) is 0. The zero-order valence-corrected chi connectivity index (χ0v) is 13.1. The van der Waals surface area contributed by atoms with Crippen molar-refractivity contribution in [2.45, 2.75) is 33.2 Å². The van der Waals surface area contributed by atoms with E-state index < -0.39 is 5.54 Å². The Morgan fingerprint density at radius 3 is 2.25 bits per heavy atom. The van der Waals surface area contributed by atoms with Crippen molar-refractivity contribution in [3.05, 3.63) is 35.4 Å². The third-order valence-electron chi connectivity index (χ3n) is 3.92. The monoisotopic (exact) mass is 277 g/mol. The van der Waals surface area contributed by atoms with Crippen molar-refractivity contribution in [1.82, 2.24) is 10.2 Å². The minimum Gasteiger partial charge on any atom is -0.368 e. The van der Waals surface area contributed by atoms with Gasteiger partial charge in [-0.15, -0.1) is 0 Å². The van der Waals surface area contributed by atoms with Crippen molar-refractivity contribution < 1.29 is 4.79 Å². The van der Waals surface area contributed by atoms with Crippen LogP contribution in [0, 0.1) is 6.92 Å². The lowest BCUT2D eigenvalue weighted by Gasteiger charge is -2.29. The van der Waals surface area contributed by atoms with Gasteiger partial charge in [-0.25, -0.2) is 0 Å². The van der Waals surface area contributed by atoms with Crippen molar-refractivity contribution >= 4 is 5.91 Å². The Balaban J connectivity index is 2.77. The van der Waals surface area contributed by atoms with Crippen molar-refractivity contribution in [2.24, 2.45) is 5.73 Å². The lowest BCUT2D eigenvalue weighted by Crippen LogP contribution is -2.52. The van der Waals surface area contributed by atoms with E-state index in [2.05, 4.69) is 24.1 Å². The van der Waals surface area contributed by atoms with Gasteiger partial charge >= 0.3 is 0 Å². The highest BCUT2D eigenvalue weighted by molar-refractivity contribution is 5.85. The summed E-state index contributed by atoms with van der Waals surface area (Å²) in [6, 6.07) is 7.93. The number of rotatable bonds is 8. The second-order valence-corrected chi connectivity index (χ2v) is 5.31. The van der Waals surface area contributed by atoms with Crippen molar-refractivity contribution in [2.75, 3.05) is 26.2 Å². The third kappa shape index (κ3) is 4.05. The number of benzene rings is 1. The molecular formula is C16H27N3O. The van der Waals surface area contributed by atoms with E-state index in [-0.39, 0.29) is 5.91 Å². The van der Waals surface area contributed by atoms with Crippen LogP contribution >= 0.6 is 0 Å². The molecule has 112 valence electrons. The minimum atomic E-state index is -0.819. The van der Waals surface area contributed by atoms with Gasteiger partial charge in [0.15, 0.2) is 0 Å². The summed E-state index contributed by atoms with van der Waals surface area (Å²) in [5.41, 5.74) is 6.87. The van der Waals surface area contributed by atoms with Crippen LogP contribution in [0.1, 0.15) is 31.9 Å². The van der Waals surface area contributed by atoms with Crippen LogP contribution in [-0.4, -0.2) is 37.0 Å². The molecule has 0 bridgehead atoms. The Labute approximate surface area is 122 Å². The standard InChI is InChI=1S/C16H27N3O/c1-5-19(6-2)12-11-18-16(4,15(17)20)14-9-7-13(3)8-10-14/h7-10,18H,5-6,11-12H2,1-4H3,(H2,17,20). The molecule has 1 aromatic rings. The molecule has 1 atom stereocenters. The van der Waals surface area contributed by atoms with Crippen molar-refractivity contribution in [1.29, 1.82) is 0 Å². The predicted molar refractivity (Wildman–Crippen MR) is 83.5 cm³/mol. The van der Waals surface area contributed by atoms with Gasteiger partial charge in [0, 0.05) is 13.1 Å². The van der Waals surface area contributed by atoms with Gasteiger partial charge in [0.25, 0.3) is 0 Å². The first kappa shape index (κ1) is 16.7. The molecule has 1 rings (SSSR count). The molecule has 1 unspecified atom stereocenters. The summed E-state index contributed by atoms with van der Waals surface area (Å²) in [5.74, 6) is -0.346. The normalized spacial score (nSPS) is 14.2. The topological polar surface area (TPSA) is 58.4 Å². The Morgan fingerprint density at radius 2 is 1.80 bits per heavy atom. The Kier molecular flexibility index (Phi) is 6.17. The SMILES string of the molecule is CCN(CC)CCNC(C)(C(N)=O)c1ccc(C)cc1. The van der Waals surface area contributed by atoms with E-state index in [1.807, 2.05) is 38.1 Å². The van der Waals surface area contributed by atoms with E-state index in [1.165, 1.54) is 5.56 Å². The van der Waals surface area contributed by atoms with E-state index in [0.717, 1.165) is 31.7 Å². The molecule has 0 aliphatic carbocycles. The highest BCUT2D eigenvalue weighted by Crippen LogP contribution is 2.20. The Hall–Kier alpha value is -1.39. The minimum absolute atomic E-state index is 0.346. The zero-order chi connectivity index (χ0) is 15.2. The number of nitrogens with one attached hydrogen (secondary N) is 1. The van der Waals surface area contributed by atoms with Crippen LogP contribution in [0.15, 0.2) is 24.3 Å². The van der Waals surface area contributed by atoms with Gasteiger partial charge in [-0.05, 0) is 32.5 Å². The van der Waals surface area contributed by atoms with Crippen molar-refractivity contribution in [3.63, 3.8) is 0 Å². The summed E-state index contributed by atoms with van der Waals surface area (Å²) in [6.07, 6.45) is 0. The number of carbonyl (C=O) groups is 1. The van der Waals surface area contributed by atoms with Gasteiger partial charge in [-0.1, -0.05) is 43.7 Å². The number of hydrogen-bond donors (Lipinski definition) is 2. The van der Waals surface area contributed by atoms with Gasteiger partial charge in [-0.3, -0.25) is 10.1 Å². The maximum absolute atomic E-state index is 11.9. The number of amides is 1. The number of primary amides is 1. The first-order valence-electron chi connectivity index (χ1n) is 7.28. The van der Waals surface area contributed by atoms with Crippen LogP contribution in [0.3, 0.4) is 0 Å². The highest BCUT2D eigenvalue weighted by atomic mass is 16.1. The number of nitrogens with two attached hydrogens (primary N) is 1. The predicted octanol–water partition coefficient (Wildman–Crippen LogP) is 1.63. The molecule has 0 radical (unpaired) electrons. The number of likely N-dealkylation sites (N-methyl/N-ethyl adjacent to an activating group) is 1. The second-order valence-electron chi connectivity index (χ2n) is 5.31. The van der Waals surface area contributed by atoms with E-state index in [0.29, 0.717) is 0 Å². The summed E-state index contributed by atoms with van der Waals surface area (Å²) in [4.78, 5) is 14.2. The van der Waals surface area contributed by atoms with Crippen LogP contribution in [0.4, 0.5) is 0 Å². The summed E-state index contributed by atoms with van der Waals surface area (Å²) < 4.78 is 0. The van der Waals surface area contributed by atoms with Gasteiger partial charge in [0.05, 0.1) is 0 Å². The lowest BCUT2D eigenvalue weighted by molar-refractivity contribution is -0.124.